The summed E-state index contributed by atoms with van der Waals surface area (Å²) in [5.74, 6) is 1.56. The summed E-state index contributed by atoms with van der Waals surface area (Å²) in [5, 5.41) is 15.8. The van der Waals surface area contributed by atoms with Crippen LogP contribution >= 0.6 is 0 Å². The first-order valence-corrected chi connectivity index (χ1v) is 10.4. The maximum absolute atomic E-state index is 9.03. The molecule has 0 spiro atoms. The number of nitrogens with zero attached hydrogens (tertiary/aromatic N) is 2. The summed E-state index contributed by atoms with van der Waals surface area (Å²) in [6.07, 6.45) is 8.16. The Morgan fingerprint density at radius 1 is 1.25 bits per heavy atom. The van der Waals surface area contributed by atoms with Gasteiger partial charge in [0.1, 0.15) is 5.82 Å². The molecule has 1 saturated carbocycles. The molecule has 1 heterocycles. The van der Waals surface area contributed by atoms with Crippen LogP contribution in [0.3, 0.4) is 0 Å². The summed E-state index contributed by atoms with van der Waals surface area (Å²) < 4.78 is 0. The van der Waals surface area contributed by atoms with E-state index in [2.05, 4.69) is 41.3 Å². The van der Waals surface area contributed by atoms with Crippen molar-refractivity contribution in [2.24, 2.45) is 5.92 Å². The largest absolute Gasteiger partial charge is 0.385 e. The molecule has 0 radical (unpaired) electrons. The molecule has 1 aliphatic carbocycles. The molecule has 148 valence electrons. The molecule has 1 aromatic heterocycles. The van der Waals surface area contributed by atoms with E-state index in [1.165, 1.54) is 31.2 Å². The Kier molecular flexibility index (Phi) is 8.55. The first-order chi connectivity index (χ1) is 13.7. The van der Waals surface area contributed by atoms with Crippen LogP contribution in [0.2, 0.25) is 0 Å². The van der Waals surface area contributed by atoms with Crippen LogP contribution in [0.15, 0.2) is 43.1 Å². The van der Waals surface area contributed by atoms with Crippen LogP contribution < -0.4 is 10.6 Å². The van der Waals surface area contributed by atoms with Crippen molar-refractivity contribution in [1.29, 1.82) is 5.26 Å². The molecule has 4 nitrogen and oxygen atoms in total. The number of hydrogen-bond acceptors (Lipinski definition) is 4. The van der Waals surface area contributed by atoms with Gasteiger partial charge in [-0.05, 0) is 55.0 Å². The van der Waals surface area contributed by atoms with Crippen LogP contribution in [0.25, 0.3) is 5.70 Å². The first kappa shape index (κ1) is 21.5. The van der Waals surface area contributed by atoms with Crippen LogP contribution in [-0.2, 0) is 6.42 Å². The lowest BCUT2D eigenvalue weighted by atomic mass is 10.0. The fourth-order valence-electron chi connectivity index (χ4n) is 3.52. The molecule has 1 fully saturated rings. The van der Waals surface area contributed by atoms with Crippen molar-refractivity contribution in [2.75, 3.05) is 11.9 Å². The lowest BCUT2D eigenvalue weighted by molar-refractivity contribution is 0.531. The summed E-state index contributed by atoms with van der Waals surface area (Å²) in [6.45, 7) is 11.4. The zero-order valence-electron chi connectivity index (χ0n) is 17.4. The zero-order valence-corrected chi connectivity index (χ0v) is 17.4. The summed E-state index contributed by atoms with van der Waals surface area (Å²) in [4.78, 5) is 4.54. The molecule has 28 heavy (non-hydrogen) atoms. The van der Waals surface area contributed by atoms with E-state index >= 15 is 0 Å². The predicted octanol–water partition coefficient (Wildman–Crippen LogP) is 6.04. The minimum atomic E-state index is 0.631. The number of nitrogens with one attached hydrogen (secondary N) is 2. The van der Waals surface area contributed by atoms with Crippen molar-refractivity contribution in [3.05, 3.63) is 59.8 Å². The highest BCUT2D eigenvalue weighted by atomic mass is 15.0. The average Bonchev–Trinajstić information content (AvgIpc) is 3.27. The van der Waals surface area contributed by atoms with Crippen LogP contribution in [0.4, 0.5) is 11.5 Å². The molecule has 0 unspecified atom stereocenters. The quantitative estimate of drug-likeness (QED) is 0.619. The van der Waals surface area contributed by atoms with E-state index < -0.39 is 0 Å². The summed E-state index contributed by atoms with van der Waals surface area (Å²) in [6, 6.07) is 11.6. The van der Waals surface area contributed by atoms with Crippen molar-refractivity contribution < 1.29 is 0 Å². The zero-order chi connectivity index (χ0) is 20.4. The minimum Gasteiger partial charge on any atom is -0.385 e. The van der Waals surface area contributed by atoms with Crippen LogP contribution in [0.1, 0.15) is 63.1 Å². The molecule has 2 N–H and O–H groups in total. The Labute approximate surface area is 169 Å². The number of rotatable bonds is 7. The maximum atomic E-state index is 9.03. The van der Waals surface area contributed by atoms with Gasteiger partial charge in [-0.1, -0.05) is 46.3 Å². The highest BCUT2D eigenvalue weighted by Gasteiger charge is 2.15. The Hall–Kier alpha value is -2.80. The Morgan fingerprint density at radius 3 is 2.68 bits per heavy atom. The van der Waals surface area contributed by atoms with Gasteiger partial charge in [0.25, 0.3) is 0 Å². The lowest BCUT2D eigenvalue weighted by Gasteiger charge is -2.17. The van der Waals surface area contributed by atoms with E-state index in [0.29, 0.717) is 5.56 Å². The minimum absolute atomic E-state index is 0.631. The van der Waals surface area contributed by atoms with Crippen LogP contribution in [-0.4, -0.2) is 11.5 Å². The lowest BCUT2D eigenvalue weighted by Crippen LogP contribution is -2.20. The molecule has 0 bridgehead atoms. The average molecular weight is 377 g/mol. The highest BCUT2D eigenvalue weighted by Crippen LogP contribution is 2.26. The fraction of sp³-hybridized carbons (Fsp3) is 0.417. The second-order valence-corrected chi connectivity index (χ2v) is 6.91. The molecule has 1 aromatic carbocycles. The van der Waals surface area contributed by atoms with Gasteiger partial charge < -0.3 is 10.6 Å². The molecular formula is C24H32N4. The van der Waals surface area contributed by atoms with E-state index in [9.17, 15) is 0 Å². The third kappa shape index (κ3) is 5.85. The van der Waals surface area contributed by atoms with Crippen LogP contribution in [0, 0.1) is 17.2 Å². The topological polar surface area (TPSA) is 60.7 Å². The van der Waals surface area contributed by atoms with Gasteiger partial charge in [0.15, 0.2) is 0 Å². The van der Waals surface area contributed by atoms with E-state index in [4.69, 9.17) is 5.26 Å². The molecule has 0 amide bonds. The fourth-order valence-corrected chi connectivity index (χ4v) is 3.52. The predicted molar refractivity (Wildman–Crippen MR) is 118 cm³/mol. The van der Waals surface area contributed by atoms with E-state index in [-0.39, 0.29) is 0 Å². The molecule has 0 atom stereocenters. The van der Waals surface area contributed by atoms with E-state index in [1.54, 1.807) is 6.07 Å². The van der Waals surface area contributed by atoms with Gasteiger partial charge in [0.2, 0.25) is 0 Å². The molecule has 3 rings (SSSR count). The summed E-state index contributed by atoms with van der Waals surface area (Å²) in [5.41, 5.74) is 4.75. The number of aryl methyl sites for hydroxylation is 1. The molecule has 1 aliphatic rings. The maximum Gasteiger partial charge on any atom is 0.130 e. The highest BCUT2D eigenvalue weighted by molar-refractivity contribution is 5.67. The van der Waals surface area contributed by atoms with Crippen molar-refractivity contribution in [3.63, 3.8) is 0 Å². The molecule has 0 aliphatic heterocycles. The monoisotopic (exact) mass is 376 g/mol. The first-order valence-electron chi connectivity index (χ1n) is 10.4. The van der Waals surface area contributed by atoms with Crippen molar-refractivity contribution in [1.82, 2.24) is 10.3 Å². The molecule has 2 aromatic rings. The smallest absolute Gasteiger partial charge is 0.130 e. The summed E-state index contributed by atoms with van der Waals surface area (Å²) >= 11 is 0. The Morgan fingerprint density at radius 2 is 2.00 bits per heavy atom. The summed E-state index contributed by atoms with van der Waals surface area (Å²) in [7, 11) is 0. The number of nitriles is 1. The van der Waals surface area contributed by atoms with E-state index in [0.717, 1.165) is 41.6 Å². The number of benzene rings is 1. The normalized spacial score (nSPS) is 13.2. The van der Waals surface area contributed by atoms with Gasteiger partial charge in [-0.15, -0.1) is 0 Å². The third-order valence-electron chi connectivity index (χ3n) is 5.04. The third-order valence-corrected chi connectivity index (χ3v) is 5.04. The Balaban J connectivity index is 0.00000136. The number of aromatic nitrogens is 1. The van der Waals surface area contributed by atoms with Crippen molar-refractivity contribution in [3.8, 4) is 6.07 Å². The SMILES string of the molecule is C=C(NCC1CCCC1)c1cnc(Nc2cccc(C#N)c2)cc1CC.CC. The van der Waals surface area contributed by atoms with Crippen molar-refractivity contribution in [2.45, 2.75) is 52.9 Å². The number of pyridine rings is 1. The van der Waals surface area contributed by atoms with Gasteiger partial charge in [-0.3, -0.25) is 0 Å². The van der Waals surface area contributed by atoms with Gasteiger partial charge in [0, 0.05) is 29.7 Å². The van der Waals surface area contributed by atoms with E-state index in [1.807, 2.05) is 38.2 Å². The van der Waals surface area contributed by atoms with Gasteiger partial charge in [0.05, 0.1) is 11.6 Å². The number of hydrogen-bond donors (Lipinski definition) is 2. The van der Waals surface area contributed by atoms with Gasteiger partial charge >= 0.3 is 0 Å². The second kappa shape index (κ2) is 11.1. The standard InChI is InChI=1S/C22H26N4.C2H6/c1-3-19-12-22(26-20-10-6-9-18(11-20)13-23)25-15-21(19)16(2)24-14-17-7-4-5-8-17;1-2/h6,9-12,15,17,24H,2-5,7-8,14H2,1H3,(H,25,26);1-2H3. The molecule has 0 saturated heterocycles. The Bertz CT molecular complexity index is 814. The van der Waals surface area contributed by atoms with Crippen LogP contribution in [0.5, 0.6) is 0 Å². The van der Waals surface area contributed by atoms with Gasteiger partial charge in [-0.25, -0.2) is 4.98 Å². The molecular weight excluding hydrogens is 344 g/mol. The van der Waals surface area contributed by atoms with Gasteiger partial charge in [-0.2, -0.15) is 5.26 Å². The van der Waals surface area contributed by atoms with Crippen molar-refractivity contribution >= 4 is 17.2 Å². The number of anilines is 2. The second-order valence-electron chi connectivity index (χ2n) is 6.91. The molecule has 4 heteroatoms.